The second kappa shape index (κ2) is 9.23. The van der Waals surface area contributed by atoms with E-state index in [1.807, 2.05) is 43.6 Å². The molecule has 5 rings (SSSR count). The van der Waals surface area contributed by atoms with Gasteiger partial charge in [0.15, 0.2) is 0 Å². The van der Waals surface area contributed by atoms with Crippen molar-refractivity contribution in [1.29, 1.82) is 0 Å². The number of ether oxygens (including phenoxy) is 1. The second-order valence-electron chi connectivity index (χ2n) is 8.74. The summed E-state index contributed by atoms with van der Waals surface area (Å²) in [5, 5.41) is 0.929. The number of likely N-dealkylation sites (N-methyl/N-ethyl adjacent to an activating group) is 1. The Morgan fingerprint density at radius 1 is 0.971 bits per heavy atom. The molecule has 2 amide bonds. The zero-order chi connectivity index (χ0) is 24.5. The van der Waals surface area contributed by atoms with Crippen LogP contribution in [0.3, 0.4) is 0 Å². The minimum Gasteiger partial charge on any atom is -0.496 e. The van der Waals surface area contributed by atoms with Crippen LogP contribution in [-0.2, 0) is 0 Å². The molecule has 2 aromatic carbocycles. The summed E-state index contributed by atoms with van der Waals surface area (Å²) < 4.78 is 5.55. The Labute approximate surface area is 203 Å². The van der Waals surface area contributed by atoms with E-state index in [4.69, 9.17) is 10.5 Å². The Balaban J connectivity index is 1.57. The molecule has 0 radical (unpaired) electrons. The molecular formula is C27H27N5O3. The summed E-state index contributed by atoms with van der Waals surface area (Å²) in [4.78, 5) is 37.3. The largest absolute Gasteiger partial charge is 0.496 e. The average molecular weight is 470 g/mol. The lowest BCUT2D eigenvalue weighted by molar-refractivity contribution is 0.0660. The first-order valence-electron chi connectivity index (χ1n) is 11.5. The van der Waals surface area contributed by atoms with Gasteiger partial charge in [-0.05, 0) is 36.9 Å². The smallest absolute Gasteiger partial charge is 0.254 e. The third kappa shape index (κ3) is 4.24. The lowest BCUT2D eigenvalue weighted by Crippen LogP contribution is -2.47. The Hall–Kier alpha value is -4.17. The molecule has 0 aliphatic carbocycles. The van der Waals surface area contributed by atoms with Gasteiger partial charge in [-0.1, -0.05) is 24.3 Å². The van der Waals surface area contributed by atoms with Crippen molar-refractivity contribution in [3.8, 4) is 28.0 Å². The first-order valence-corrected chi connectivity index (χ1v) is 11.5. The van der Waals surface area contributed by atoms with Crippen LogP contribution in [0.4, 0.5) is 0 Å². The Kier molecular flexibility index (Phi) is 5.96. The van der Waals surface area contributed by atoms with Gasteiger partial charge in [0.2, 0.25) is 5.91 Å². The van der Waals surface area contributed by atoms with Gasteiger partial charge < -0.3 is 25.3 Å². The van der Waals surface area contributed by atoms with Gasteiger partial charge >= 0.3 is 0 Å². The van der Waals surface area contributed by atoms with Crippen molar-refractivity contribution in [3.05, 3.63) is 72.1 Å². The van der Waals surface area contributed by atoms with Gasteiger partial charge in [0.25, 0.3) is 5.91 Å². The van der Waals surface area contributed by atoms with Crippen molar-refractivity contribution in [1.82, 2.24) is 19.8 Å². The molecule has 178 valence electrons. The van der Waals surface area contributed by atoms with Crippen LogP contribution in [0.25, 0.3) is 33.3 Å². The number of rotatable bonds is 5. The van der Waals surface area contributed by atoms with E-state index in [1.54, 1.807) is 36.4 Å². The van der Waals surface area contributed by atoms with Crippen molar-refractivity contribution in [2.75, 3.05) is 40.3 Å². The summed E-state index contributed by atoms with van der Waals surface area (Å²) in [6.07, 6.45) is 3.67. The third-order valence-corrected chi connectivity index (χ3v) is 6.57. The van der Waals surface area contributed by atoms with E-state index >= 15 is 0 Å². The normalized spacial score (nSPS) is 14.3. The van der Waals surface area contributed by atoms with Gasteiger partial charge in [-0.15, -0.1) is 0 Å². The number of carbonyl (C=O) groups excluding carboxylic acids is 2. The summed E-state index contributed by atoms with van der Waals surface area (Å²) in [5.74, 6) is -0.0319. The Morgan fingerprint density at radius 2 is 1.74 bits per heavy atom. The van der Waals surface area contributed by atoms with Gasteiger partial charge in [0.1, 0.15) is 11.4 Å². The number of aromatic amines is 1. The number of aromatic nitrogens is 2. The van der Waals surface area contributed by atoms with Crippen molar-refractivity contribution < 1.29 is 14.3 Å². The standard InChI is InChI=1S/C27H27N5O3/c1-31-9-11-32(12-10-31)27(34)22-13-17(7-8-20(22)25(28)33)18-14-21-23(16-30-26(21)29-15-18)19-5-3-4-6-24(19)35-2/h3-8,13-16H,9-12H2,1-2H3,(H2,28,33)(H,29,30). The zero-order valence-electron chi connectivity index (χ0n) is 19.7. The fourth-order valence-electron chi connectivity index (χ4n) is 4.55. The molecule has 8 heteroatoms. The topological polar surface area (TPSA) is 105 Å². The number of benzene rings is 2. The number of para-hydroxylation sites is 1. The van der Waals surface area contributed by atoms with Crippen LogP contribution in [0.1, 0.15) is 20.7 Å². The Morgan fingerprint density at radius 3 is 2.49 bits per heavy atom. The lowest BCUT2D eigenvalue weighted by Gasteiger charge is -2.32. The molecule has 1 aliphatic heterocycles. The predicted molar refractivity (Wildman–Crippen MR) is 135 cm³/mol. The summed E-state index contributed by atoms with van der Waals surface area (Å²) in [6.45, 7) is 2.79. The molecule has 1 aliphatic rings. The van der Waals surface area contributed by atoms with Gasteiger partial charge in [-0.25, -0.2) is 4.98 Å². The van der Waals surface area contributed by atoms with E-state index in [0.717, 1.165) is 52.1 Å². The molecule has 1 fully saturated rings. The minimum absolute atomic E-state index is 0.181. The number of nitrogens with one attached hydrogen (secondary N) is 1. The summed E-state index contributed by atoms with van der Waals surface area (Å²) >= 11 is 0. The van der Waals surface area contributed by atoms with E-state index in [9.17, 15) is 9.59 Å². The predicted octanol–water partition coefficient (Wildman–Crippen LogP) is 3.39. The summed E-state index contributed by atoms with van der Waals surface area (Å²) in [5.41, 5.74) is 10.4. The van der Waals surface area contributed by atoms with Gasteiger partial charge in [-0.3, -0.25) is 9.59 Å². The highest BCUT2D eigenvalue weighted by Crippen LogP contribution is 2.36. The van der Waals surface area contributed by atoms with Crippen molar-refractivity contribution in [2.45, 2.75) is 0 Å². The number of methoxy groups -OCH3 is 1. The summed E-state index contributed by atoms with van der Waals surface area (Å²) in [7, 11) is 3.68. The van der Waals surface area contributed by atoms with Crippen molar-refractivity contribution in [3.63, 3.8) is 0 Å². The number of H-pyrrole nitrogens is 1. The lowest BCUT2D eigenvalue weighted by atomic mass is 9.97. The molecule has 1 saturated heterocycles. The Bertz CT molecular complexity index is 1420. The zero-order valence-corrected chi connectivity index (χ0v) is 19.7. The number of carbonyl (C=O) groups is 2. The number of hydrogen-bond acceptors (Lipinski definition) is 5. The van der Waals surface area contributed by atoms with E-state index in [1.165, 1.54) is 0 Å². The second-order valence-corrected chi connectivity index (χ2v) is 8.74. The molecule has 0 unspecified atom stereocenters. The molecule has 3 heterocycles. The average Bonchev–Trinajstić information content (AvgIpc) is 3.31. The number of hydrogen-bond donors (Lipinski definition) is 2. The quantitative estimate of drug-likeness (QED) is 0.466. The maximum atomic E-state index is 13.4. The van der Waals surface area contributed by atoms with E-state index < -0.39 is 5.91 Å². The molecular weight excluding hydrogens is 442 g/mol. The van der Waals surface area contributed by atoms with Crippen LogP contribution in [0.15, 0.2) is 60.9 Å². The molecule has 3 N–H and O–H groups in total. The van der Waals surface area contributed by atoms with Gasteiger partial charge in [-0.2, -0.15) is 0 Å². The highest BCUT2D eigenvalue weighted by Gasteiger charge is 2.24. The minimum atomic E-state index is -0.619. The van der Waals surface area contributed by atoms with Crippen LogP contribution in [0.5, 0.6) is 5.75 Å². The highest BCUT2D eigenvalue weighted by atomic mass is 16.5. The fourth-order valence-corrected chi connectivity index (χ4v) is 4.55. The third-order valence-electron chi connectivity index (χ3n) is 6.57. The summed E-state index contributed by atoms with van der Waals surface area (Å²) in [6, 6.07) is 15.0. The maximum Gasteiger partial charge on any atom is 0.254 e. The molecule has 4 aromatic rings. The van der Waals surface area contributed by atoms with Gasteiger partial charge in [0, 0.05) is 60.6 Å². The number of pyridine rings is 1. The number of nitrogens with two attached hydrogens (primary N) is 1. The van der Waals surface area contributed by atoms with Crippen LogP contribution < -0.4 is 10.5 Å². The number of nitrogens with zero attached hydrogens (tertiary/aromatic N) is 3. The maximum absolute atomic E-state index is 13.4. The highest BCUT2D eigenvalue weighted by molar-refractivity contribution is 6.08. The molecule has 35 heavy (non-hydrogen) atoms. The molecule has 0 saturated carbocycles. The number of amides is 2. The number of primary amides is 1. The van der Waals surface area contributed by atoms with Crippen LogP contribution >= 0.6 is 0 Å². The van der Waals surface area contributed by atoms with E-state index in [0.29, 0.717) is 18.7 Å². The molecule has 0 spiro atoms. The van der Waals surface area contributed by atoms with Crippen LogP contribution in [-0.4, -0.2) is 71.9 Å². The molecule has 0 atom stereocenters. The fraction of sp³-hybridized carbons (Fsp3) is 0.222. The number of piperazine rings is 1. The number of fused-ring (bicyclic) bond motifs is 1. The molecule has 8 nitrogen and oxygen atoms in total. The van der Waals surface area contributed by atoms with Crippen LogP contribution in [0, 0.1) is 0 Å². The molecule has 0 bridgehead atoms. The van der Waals surface area contributed by atoms with Crippen molar-refractivity contribution in [2.24, 2.45) is 5.73 Å². The molecule has 2 aromatic heterocycles. The first-order chi connectivity index (χ1) is 17.0. The van der Waals surface area contributed by atoms with Crippen LogP contribution in [0.2, 0.25) is 0 Å². The SMILES string of the molecule is COc1ccccc1-c1c[nH]c2ncc(-c3ccc(C(N)=O)c(C(=O)N4CCN(C)CC4)c3)cc12. The first kappa shape index (κ1) is 22.6. The van der Waals surface area contributed by atoms with Gasteiger partial charge in [0.05, 0.1) is 18.2 Å². The van der Waals surface area contributed by atoms with Crippen molar-refractivity contribution >= 4 is 22.8 Å². The van der Waals surface area contributed by atoms with E-state index in [-0.39, 0.29) is 11.5 Å². The monoisotopic (exact) mass is 469 g/mol. The van der Waals surface area contributed by atoms with E-state index in [2.05, 4.69) is 14.9 Å².